The molecule has 1 amide bonds. The van der Waals surface area contributed by atoms with Gasteiger partial charge in [0.05, 0.1) is 33.7 Å². The highest BCUT2D eigenvalue weighted by Gasteiger charge is 2.45. The number of halogens is 2. The molecule has 6 rings (SSSR count). The zero-order valence-corrected chi connectivity index (χ0v) is 22.4. The Kier molecular flexibility index (Phi) is 7.00. The van der Waals surface area contributed by atoms with E-state index in [0.29, 0.717) is 22.0 Å². The fraction of sp³-hybridized carbons (Fsp3) is 0.615. The molecular formula is C26H33Cl2N7O2. The van der Waals surface area contributed by atoms with Gasteiger partial charge in [0, 0.05) is 61.6 Å². The van der Waals surface area contributed by atoms with E-state index in [-0.39, 0.29) is 29.6 Å². The van der Waals surface area contributed by atoms with Crippen molar-refractivity contribution < 1.29 is 9.53 Å². The van der Waals surface area contributed by atoms with Crippen molar-refractivity contribution >= 4 is 35.1 Å². The number of ether oxygens (including phenoxy) is 1. The number of nitrogens with one attached hydrogen (secondary N) is 3. The van der Waals surface area contributed by atoms with Crippen LogP contribution in [0.5, 0.6) is 0 Å². The molecule has 3 N–H and O–H groups in total. The van der Waals surface area contributed by atoms with Gasteiger partial charge in [0.2, 0.25) is 11.9 Å². The molecule has 1 spiro atoms. The number of hydrazine groups is 1. The van der Waals surface area contributed by atoms with Crippen molar-refractivity contribution in [2.75, 3.05) is 24.5 Å². The van der Waals surface area contributed by atoms with Gasteiger partial charge < -0.3 is 15.0 Å². The topological polar surface area (TPSA) is 104 Å². The summed E-state index contributed by atoms with van der Waals surface area (Å²) < 4.78 is 6.46. The molecule has 4 fully saturated rings. The maximum absolute atomic E-state index is 12.3. The highest BCUT2D eigenvalue weighted by atomic mass is 35.5. The van der Waals surface area contributed by atoms with Crippen LogP contribution in [0, 0.1) is 11.3 Å². The minimum Gasteiger partial charge on any atom is -0.370 e. The van der Waals surface area contributed by atoms with Crippen molar-refractivity contribution in [2.24, 2.45) is 11.3 Å². The summed E-state index contributed by atoms with van der Waals surface area (Å²) in [5, 5.41) is 4.06. The number of hydrogen-bond donors (Lipinski definition) is 3. The molecule has 198 valence electrons. The van der Waals surface area contributed by atoms with Crippen LogP contribution in [-0.4, -0.2) is 52.6 Å². The van der Waals surface area contributed by atoms with E-state index in [9.17, 15) is 4.79 Å². The molecule has 0 bridgehead atoms. The lowest BCUT2D eigenvalue weighted by molar-refractivity contribution is -0.128. The molecule has 37 heavy (non-hydrogen) atoms. The molecular weight excluding hydrogens is 513 g/mol. The zero-order valence-electron chi connectivity index (χ0n) is 20.9. The van der Waals surface area contributed by atoms with Crippen LogP contribution in [0.2, 0.25) is 10.0 Å². The Morgan fingerprint density at radius 3 is 2.46 bits per heavy atom. The first-order chi connectivity index (χ1) is 17.9. The third-order valence-corrected chi connectivity index (χ3v) is 9.39. The predicted octanol–water partition coefficient (Wildman–Crippen LogP) is 3.75. The number of piperidine rings is 1. The molecule has 1 aliphatic carbocycles. The van der Waals surface area contributed by atoms with Crippen LogP contribution >= 0.6 is 23.2 Å². The van der Waals surface area contributed by atoms with E-state index in [4.69, 9.17) is 37.9 Å². The second kappa shape index (κ2) is 10.3. The number of rotatable bonds is 5. The van der Waals surface area contributed by atoms with Gasteiger partial charge in [-0.15, -0.1) is 0 Å². The molecule has 2 aromatic rings. The van der Waals surface area contributed by atoms with Crippen molar-refractivity contribution in [3.63, 3.8) is 0 Å². The summed E-state index contributed by atoms with van der Waals surface area (Å²) in [6.07, 6.45) is 12.6. The van der Waals surface area contributed by atoms with Gasteiger partial charge in [-0.3, -0.25) is 15.2 Å². The van der Waals surface area contributed by atoms with Crippen LogP contribution in [0.3, 0.4) is 0 Å². The summed E-state index contributed by atoms with van der Waals surface area (Å²) in [6.45, 7) is 4.41. The molecule has 1 saturated carbocycles. The van der Waals surface area contributed by atoms with Crippen LogP contribution in [0.15, 0.2) is 24.8 Å². The first kappa shape index (κ1) is 25.2. The number of aromatic nitrogens is 3. The van der Waals surface area contributed by atoms with Gasteiger partial charge >= 0.3 is 0 Å². The summed E-state index contributed by atoms with van der Waals surface area (Å²) >= 11 is 12.7. The van der Waals surface area contributed by atoms with E-state index in [1.54, 1.807) is 12.4 Å². The van der Waals surface area contributed by atoms with Crippen molar-refractivity contribution in [3.8, 4) is 0 Å². The molecule has 2 aromatic heterocycles. The lowest BCUT2D eigenvalue weighted by Gasteiger charge is -2.37. The molecule has 0 aromatic carbocycles. The van der Waals surface area contributed by atoms with E-state index in [1.165, 1.54) is 0 Å². The average Bonchev–Trinajstić information content (AvgIpc) is 3.48. The number of anilines is 1. The summed E-state index contributed by atoms with van der Waals surface area (Å²) in [4.78, 5) is 28.0. The number of fused-ring (bicyclic) bond motifs is 1. The number of pyridine rings is 1. The van der Waals surface area contributed by atoms with Crippen LogP contribution in [0.25, 0.3) is 0 Å². The van der Waals surface area contributed by atoms with Crippen LogP contribution < -0.4 is 21.1 Å². The van der Waals surface area contributed by atoms with Crippen molar-refractivity contribution in [2.45, 2.75) is 69.7 Å². The van der Waals surface area contributed by atoms with E-state index in [1.807, 2.05) is 19.3 Å². The fourth-order valence-corrected chi connectivity index (χ4v) is 7.29. The number of carbonyl (C=O) groups is 1. The van der Waals surface area contributed by atoms with Gasteiger partial charge in [-0.05, 0) is 51.4 Å². The first-order valence-electron chi connectivity index (χ1n) is 13.2. The quantitative estimate of drug-likeness (QED) is 0.521. The minimum atomic E-state index is -0.216. The monoisotopic (exact) mass is 545 g/mol. The standard InChI is InChI=1S/C26H33Cl2N7O2/c1-15(22-19(27)13-29-14-20(22)28)37-17-2-3-21-18(10-17)23(34-33-21)16-11-31-25(32-12-16)35-8-5-26(6-9-35)4-7-30-24(26)36/h11-15,17-18,21,23,33-34H,2-10H2,1H3,(H,30,36)/t15-,17?,18?,21?,23?/m1/s1. The molecule has 3 saturated heterocycles. The maximum atomic E-state index is 12.3. The van der Waals surface area contributed by atoms with Crippen LogP contribution in [0.1, 0.15) is 68.7 Å². The number of hydrogen-bond acceptors (Lipinski definition) is 8. The Morgan fingerprint density at radius 2 is 1.78 bits per heavy atom. The fourth-order valence-electron chi connectivity index (χ4n) is 6.62. The van der Waals surface area contributed by atoms with Gasteiger partial charge in [0.15, 0.2) is 0 Å². The Morgan fingerprint density at radius 1 is 1.05 bits per heavy atom. The third-order valence-electron chi connectivity index (χ3n) is 8.79. The Bertz CT molecular complexity index is 1120. The van der Waals surface area contributed by atoms with Gasteiger partial charge in [-0.2, -0.15) is 0 Å². The molecule has 4 aliphatic rings. The maximum Gasteiger partial charge on any atom is 0.226 e. The molecule has 0 radical (unpaired) electrons. The first-order valence-corrected chi connectivity index (χ1v) is 14.0. The Labute approximate surface area is 227 Å². The molecule has 5 heterocycles. The largest absolute Gasteiger partial charge is 0.370 e. The number of nitrogens with zero attached hydrogens (tertiary/aromatic N) is 4. The summed E-state index contributed by atoms with van der Waals surface area (Å²) in [7, 11) is 0. The zero-order chi connectivity index (χ0) is 25.6. The Balaban J connectivity index is 1.09. The molecule has 5 atom stereocenters. The molecule has 3 aliphatic heterocycles. The van der Waals surface area contributed by atoms with E-state index in [0.717, 1.165) is 75.2 Å². The van der Waals surface area contributed by atoms with Crippen LogP contribution in [0.4, 0.5) is 5.95 Å². The highest BCUT2D eigenvalue weighted by molar-refractivity contribution is 6.35. The van der Waals surface area contributed by atoms with E-state index < -0.39 is 0 Å². The lowest BCUT2D eigenvalue weighted by Crippen LogP contribution is -2.44. The molecule has 4 unspecified atom stereocenters. The van der Waals surface area contributed by atoms with Gasteiger partial charge in [-0.1, -0.05) is 23.2 Å². The lowest BCUT2D eigenvalue weighted by atomic mass is 9.77. The van der Waals surface area contributed by atoms with Gasteiger partial charge in [0.25, 0.3) is 0 Å². The van der Waals surface area contributed by atoms with E-state index in [2.05, 4.69) is 26.1 Å². The van der Waals surface area contributed by atoms with Crippen molar-refractivity contribution in [1.29, 1.82) is 0 Å². The van der Waals surface area contributed by atoms with Crippen LogP contribution in [-0.2, 0) is 9.53 Å². The smallest absolute Gasteiger partial charge is 0.226 e. The summed E-state index contributed by atoms with van der Waals surface area (Å²) in [5.41, 5.74) is 8.64. The predicted molar refractivity (Wildman–Crippen MR) is 141 cm³/mol. The Hall–Kier alpha value is -2.04. The third kappa shape index (κ3) is 4.81. The average molecular weight is 547 g/mol. The SMILES string of the molecule is C[C@@H](OC1CCC2NNC(c3cnc(N4CCC5(CCNC5=O)CC4)nc3)C2C1)c1c(Cl)cncc1Cl. The van der Waals surface area contributed by atoms with Crippen molar-refractivity contribution in [1.82, 2.24) is 31.1 Å². The molecule has 11 heteroatoms. The van der Waals surface area contributed by atoms with Crippen molar-refractivity contribution in [3.05, 3.63) is 46.0 Å². The normalized spacial score (nSPS) is 29.8. The summed E-state index contributed by atoms with van der Waals surface area (Å²) in [6, 6.07) is 0.490. The second-order valence-corrected chi connectivity index (χ2v) is 11.7. The minimum absolute atomic E-state index is 0.106. The second-order valence-electron chi connectivity index (χ2n) is 10.9. The van der Waals surface area contributed by atoms with Gasteiger partial charge in [-0.25, -0.2) is 15.4 Å². The van der Waals surface area contributed by atoms with Gasteiger partial charge in [0.1, 0.15) is 0 Å². The number of amides is 1. The highest BCUT2D eigenvalue weighted by Crippen LogP contribution is 2.42. The molecule has 9 nitrogen and oxygen atoms in total. The number of carbonyl (C=O) groups excluding carboxylic acids is 1. The summed E-state index contributed by atoms with van der Waals surface area (Å²) in [5.74, 6) is 1.32. The van der Waals surface area contributed by atoms with E-state index >= 15 is 0 Å².